The van der Waals surface area contributed by atoms with Gasteiger partial charge in [-0.2, -0.15) is 0 Å². The first-order valence-corrected chi connectivity index (χ1v) is 9.12. The van der Waals surface area contributed by atoms with Crippen LogP contribution < -0.4 is 19.5 Å². The number of carbonyl (C=O) groups is 1. The molecule has 7 nitrogen and oxygen atoms in total. The van der Waals surface area contributed by atoms with E-state index in [0.29, 0.717) is 28.5 Å². The van der Waals surface area contributed by atoms with Gasteiger partial charge in [-0.15, -0.1) is 0 Å². The van der Waals surface area contributed by atoms with Gasteiger partial charge in [-0.3, -0.25) is 4.79 Å². The van der Waals surface area contributed by atoms with E-state index >= 15 is 0 Å². The summed E-state index contributed by atoms with van der Waals surface area (Å²) in [6, 6.07) is 8.01. The molecule has 0 radical (unpaired) electrons. The fourth-order valence-corrected chi connectivity index (χ4v) is 2.82. The summed E-state index contributed by atoms with van der Waals surface area (Å²) in [4.78, 5) is 12.1. The molecule has 3 aromatic rings. The van der Waals surface area contributed by atoms with Gasteiger partial charge in [0.05, 0.1) is 33.4 Å². The van der Waals surface area contributed by atoms with Crippen molar-refractivity contribution in [3.63, 3.8) is 0 Å². The van der Waals surface area contributed by atoms with Crippen LogP contribution in [0.5, 0.6) is 17.2 Å². The summed E-state index contributed by atoms with van der Waals surface area (Å²) >= 11 is 0. The second-order valence-corrected chi connectivity index (χ2v) is 6.32. The SMILES string of the molecule is COc1cc(/C=C/C(=O)NCc2cc(-c3ccc(F)cc3F)on2)cc(OC)c1OC. The van der Waals surface area contributed by atoms with E-state index in [9.17, 15) is 13.6 Å². The topological polar surface area (TPSA) is 82.8 Å². The Kier molecular flexibility index (Phi) is 6.86. The van der Waals surface area contributed by atoms with Gasteiger partial charge in [0.1, 0.15) is 17.3 Å². The molecular weight excluding hydrogens is 410 g/mol. The Labute approximate surface area is 177 Å². The third-order valence-electron chi connectivity index (χ3n) is 4.31. The molecule has 0 saturated carbocycles. The van der Waals surface area contributed by atoms with E-state index in [1.54, 1.807) is 18.2 Å². The highest BCUT2D eigenvalue weighted by Crippen LogP contribution is 2.38. The number of halogens is 2. The number of carbonyl (C=O) groups excluding carboxylic acids is 1. The number of ether oxygens (including phenoxy) is 3. The molecule has 3 rings (SSSR count). The Bertz CT molecular complexity index is 1090. The van der Waals surface area contributed by atoms with Crippen LogP contribution in [0.15, 0.2) is 47.0 Å². The fourth-order valence-electron chi connectivity index (χ4n) is 2.82. The predicted octanol–water partition coefficient (Wildman–Crippen LogP) is 3.98. The van der Waals surface area contributed by atoms with Gasteiger partial charge in [0.15, 0.2) is 17.3 Å². The molecule has 2 aromatic carbocycles. The molecule has 0 bridgehead atoms. The molecule has 0 unspecified atom stereocenters. The summed E-state index contributed by atoms with van der Waals surface area (Å²) in [5, 5.41) is 6.44. The molecule has 0 aliphatic carbocycles. The number of nitrogens with one attached hydrogen (secondary N) is 1. The Balaban J connectivity index is 1.64. The summed E-state index contributed by atoms with van der Waals surface area (Å²) < 4.78 is 47.8. The van der Waals surface area contributed by atoms with Crippen LogP contribution in [0.4, 0.5) is 8.78 Å². The van der Waals surface area contributed by atoms with Gasteiger partial charge in [0.25, 0.3) is 0 Å². The van der Waals surface area contributed by atoms with Crippen molar-refractivity contribution in [1.82, 2.24) is 10.5 Å². The van der Waals surface area contributed by atoms with Crippen molar-refractivity contribution in [1.29, 1.82) is 0 Å². The van der Waals surface area contributed by atoms with Crippen LogP contribution in [-0.4, -0.2) is 32.4 Å². The lowest BCUT2D eigenvalue weighted by Gasteiger charge is -2.12. The first kappa shape index (κ1) is 21.8. The Morgan fingerprint density at radius 3 is 2.39 bits per heavy atom. The summed E-state index contributed by atoms with van der Waals surface area (Å²) in [5.41, 5.74) is 1.13. The zero-order valence-corrected chi connectivity index (χ0v) is 17.1. The van der Waals surface area contributed by atoms with Gasteiger partial charge in [0.2, 0.25) is 11.7 Å². The predicted molar refractivity (Wildman–Crippen MR) is 109 cm³/mol. The van der Waals surface area contributed by atoms with Crippen LogP contribution in [0.3, 0.4) is 0 Å². The van der Waals surface area contributed by atoms with Crippen LogP contribution >= 0.6 is 0 Å². The maximum absolute atomic E-state index is 13.8. The van der Waals surface area contributed by atoms with E-state index in [1.165, 1.54) is 39.5 Å². The van der Waals surface area contributed by atoms with Gasteiger partial charge in [-0.25, -0.2) is 8.78 Å². The summed E-state index contributed by atoms with van der Waals surface area (Å²) in [5.74, 6) is -0.325. The molecule has 0 aliphatic heterocycles. The number of aromatic nitrogens is 1. The lowest BCUT2D eigenvalue weighted by Crippen LogP contribution is -2.20. The van der Waals surface area contributed by atoms with Crippen molar-refractivity contribution in [3.8, 4) is 28.6 Å². The Morgan fingerprint density at radius 2 is 1.77 bits per heavy atom. The third-order valence-corrected chi connectivity index (χ3v) is 4.31. The molecular formula is C22H20F2N2O5. The Morgan fingerprint density at radius 1 is 1.06 bits per heavy atom. The molecule has 31 heavy (non-hydrogen) atoms. The highest BCUT2D eigenvalue weighted by molar-refractivity contribution is 5.91. The summed E-state index contributed by atoms with van der Waals surface area (Å²) in [6.07, 6.45) is 2.92. The number of hydrogen-bond acceptors (Lipinski definition) is 6. The van der Waals surface area contributed by atoms with Crippen molar-refractivity contribution in [2.75, 3.05) is 21.3 Å². The first-order chi connectivity index (χ1) is 14.9. The van der Waals surface area contributed by atoms with E-state index < -0.39 is 11.6 Å². The first-order valence-electron chi connectivity index (χ1n) is 9.12. The lowest BCUT2D eigenvalue weighted by atomic mass is 10.1. The van der Waals surface area contributed by atoms with Crippen molar-refractivity contribution in [2.45, 2.75) is 6.54 Å². The summed E-state index contributed by atoms with van der Waals surface area (Å²) in [7, 11) is 4.51. The van der Waals surface area contributed by atoms with Crippen LogP contribution in [0.1, 0.15) is 11.3 Å². The molecule has 9 heteroatoms. The van der Waals surface area contributed by atoms with E-state index in [-0.39, 0.29) is 23.8 Å². The van der Waals surface area contributed by atoms with Gasteiger partial charge < -0.3 is 24.1 Å². The van der Waals surface area contributed by atoms with Gasteiger partial charge >= 0.3 is 0 Å². The zero-order valence-electron chi connectivity index (χ0n) is 17.1. The van der Waals surface area contributed by atoms with E-state index in [2.05, 4.69) is 10.5 Å². The number of benzene rings is 2. The highest BCUT2D eigenvalue weighted by atomic mass is 19.1. The van der Waals surface area contributed by atoms with Crippen molar-refractivity contribution in [2.24, 2.45) is 0 Å². The van der Waals surface area contributed by atoms with E-state index in [1.807, 2.05) is 0 Å². The van der Waals surface area contributed by atoms with Crippen LogP contribution in [-0.2, 0) is 11.3 Å². The molecule has 1 amide bonds. The minimum absolute atomic E-state index is 0.0603. The molecule has 1 heterocycles. The second kappa shape index (κ2) is 9.75. The molecule has 1 aromatic heterocycles. The molecule has 0 atom stereocenters. The Hall–Kier alpha value is -3.88. The van der Waals surface area contributed by atoms with E-state index in [0.717, 1.165) is 12.1 Å². The maximum atomic E-state index is 13.8. The standard InChI is InChI=1S/C22H20F2N2O5/c1-28-19-8-13(9-20(29-2)22(19)30-3)4-7-21(27)25-12-15-11-18(31-26-15)16-6-5-14(23)10-17(16)24/h4-11H,12H2,1-3H3,(H,25,27)/b7-4+. The number of nitrogens with zero attached hydrogens (tertiary/aromatic N) is 1. The number of amides is 1. The molecule has 1 N–H and O–H groups in total. The van der Waals surface area contributed by atoms with Gasteiger partial charge in [-0.05, 0) is 35.9 Å². The van der Waals surface area contributed by atoms with Gasteiger partial charge in [-0.1, -0.05) is 5.16 Å². The minimum atomic E-state index is -0.764. The van der Waals surface area contributed by atoms with Crippen LogP contribution in [0, 0.1) is 11.6 Å². The monoisotopic (exact) mass is 430 g/mol. The number of methoxy groups -OCH3 is 3. The molecule has 0 saturated heterocycles. The largest absolute Gasteiger partial charge is 0.493 e. The zero-order chi connectivity index (χ0) is 22.4. The average Bonchev–Trinajstić information content (AvgIpc) is 3.24. The fraction of sp³-hybridized carbons (Fsp3) is 0.182. The molecule has 0 aliphatic rings. The van der Waals surface area contributed by atoms with Crippen molar-refractivity contribution >= 4 is 12.0 Å². The third kappa shape index (κ3) is 5.19. The number of rotatable bonds is 8. The smallest absolute Gasteiger partial charge is 0.244 e. The van der Waals surface area contributed by atoms with E-state index in [4.69, 9.17) is 18.7 Å². The van der Waals surface area contributed by atoms with Crippen LogP contribution in [0.25, 0.3) is 17.4 Å². The second-order valence-electron chi connectivity index (χ2n) is 6.32. The average molecular weight is 430 g/mol. The summed E-state index contributed by atoms with van der Waals surface area (Å²) in [6.45, 7) is 0.0603. The highest BCUT2D eigenvalue weighted by Gasteiger charge is 2.14. The van der Waals surface area contributed by atoms with Crippen LogP contribution in [0.2, 0.25) is 0 Å². The van der Waals surface area contributed by atoms with Gasteiger partial charge in [0, 0.05) is 18.2 Å². The number of hydrogen-bond donors (Lipinski definition) is 1. The normalized spacial score (nSPS) is 10.9. The van der Waals surface area contributed by atoms with Crippen molar-refractivity contribution < 1.29 is 32.3 Å². The quantitative estimate of drug-likeness (QED) is 0.545. The minimum Gasteiger partial charge on any atom is -0.493 e. The maximum Gasteiger partial charge on any atom is 0.244 e. The van der Waals surface area contributed by atoms with Crippen molar-refractivity contribution in [3.05, 3.63) is 65.4 Å². The molecule has 162 valence electrons. The lowest BCUT2D eigenvalue weighted by molar-refractivity contribution is -0.116. The molecule has 0 fully saturated rings. The molecule has 0 spiro atoms.